The number of nitrogens with zero attached hydrogens (tertiary/aromatic N) is 1. The molecule has 3 fully saturated rings. The molecule has 1 amide bonds. The molecular weight excluding hydrogens is 164 g/mol. The van der Waals surface area contributed by atoms with Crippen molar-refractivity contribution in [3.63, 3.8) is 0 Å². The van der Waals surface area contributed by atoms with Gasteiger partial charge in [0.2, 0.25) is 5.91 Å². The van der Waals surface area contributed by atoms with Gasteiger partial charge in [0.15, 0.2) is 0 Å². The van der Waals surface area contributed by atoms with Crippen molar-refractivity contribution in [2.24, 2.45) is 11.8 Å². The minimum Gasteiger partial charge on any atom is -0.338 e. The van der Waals surface area contributed by atoms with E-state index < -0.39 is 0 Å². The maximum Gasteiger partial charge on any atom is 0.225 e. The molecule has 1 unspecified atom stereocenters. The summed E-state index contributed by atoms with van der Waals surface area (Å²) in [5, 5.41) is 3.40. The van der Waals surface area contributed by atoms with Crippen LogP contribution < -0.4 is 5.32 Å². The fourth-order valence-corrected chi connectivity index (χ4v) is 2.64. The lowest BCUT2D eigenvalue weighted by molar-refractivity contribution is -0.133. The fraction of sp³-hybridized carbons (Fsp3) is 0.900. The second-order valence-corrected chi connectivity index (χ2v) is 4.68. The molecule has 2 saturated heterocycles. The molecule has 0 aromatic carbocycles. The van der Waals surface area contributed by atoms with Crippen molar-refractivity contribution >= 4 is 5.91 Å². The highest BCUT2D eigenvalue weighted by molar-refractivity contribution is 5.81. The SMILES string of the molecule is O=C(C1CC1)N1C[C@@H]2CNCC1C2. The second-order valence-electron chi connectivity index (χ2n) is 4.68. The highest BCUT2D eigenvalue weighted by Gasteiger charge is 2.42. The molecule has 1 N–H and O–H groups in total. The van der Waals surface area contributed by atoms with Crippen LogP contribution in [0, 0.1) is 11.8 Å². The largest absolute Gasteiger partial charge is 0.338 e. The monoisotopic (exact) mass is 180 g/mol. The summed E-state index contributed by atoms with van der Waals surface area (Å²) in [6.07, 6.45) is 3.52. The topological polar surface area (TPSA) is 32.3 Å². The van der Waals surface area contributed by atoms with E-state index in [0.29, 0.717) is 17.9 Å². The van der Waals surface area contributed by atoms with Gasteiger partial charge in [-0.15, -0.1) is 0 Å². The summed E-state index contributed by atoms with van der Waals surface area (Å²) in [4.78, 5) is 14.0. The van der Waals surface area contributed by atoms with Crippen molar-refractivity contribution < 1.29 is 4.79 Å². The van der Waals surface area contributed by atoms with Crippen LogP contribution in [0.3, 0.4) is 0 Å². The summed E-state index contributed by atoms with van der Waals surface area (Å²) >= 11 is 0. The first-order valence-corrected chi connectivity index (χ1v) is 5.36. The molecule has 13 heavy (non-hydrogen) atoms. The average Bonchev–Trinajstić information content (AvgIpc) is 2.93. The van der Waals surface area contributed by atoms with Gasteiger partial charge in [0.05, 0.1) is 0 Å². The Kier molecular flexibility index (Phi) is 1.62. The Hall–Kier alpha value is -0.570. The van der Waals surface area contributed by atoms with Crippen LogP contribution in [-0.4, -0.2) is 36.5 Å². The lowest BCUT2D eigenvalue weighted by atomic mass is 10.0. The molecule has 0 aromatic heterocycles. The van der Waals surface area contributed by atoms with E-state index in [1.165, 1.54) is 6.42 Å². The third-order valence-electron chi connectivity index (χ3n) is 3.52. The van der Waals surface area contributed by atoms with Crippen LogP contribution >= 0.6 is 0 Å². The quantitative estimate of drug-likeness (QED) is 0.626. The van der Waals surface area contributed by atoms with Gasteiger partial charge in [0.25, 0.3) is 0 Å². The Labute approximate surface area is 78.5 Å². The molecule has 3 aliphatic rings. The first-order valence-electron chi connectivity index (χ1n) is 5.36. The summed E-state index contributed by atoms with van der Waals surface area (Å²) in [6.45, 7) is 3.16. The maximum atomic E-state index is 11.8. The number of rotatable bonds is 1. The van der Waals surface area contributed by atoms with Gasteiger partial charge < -0.3 is 10.2 Å². The Morgan fingerprint density at radius 2 is 2.15 bits per heavy atom. The van der Waals surface area contributed by atoms with Crippen LogP contribution in [0.15, 0.2) is 0 Å². The number of carbonyl (C=O) groups excluding carboxylic acids is 1. The van der Waals surface area contributed by atoms with Gasteiger partial charge in [-0.1, -0.05) is 0 Å². The number of amides is 1. The van der Waals surface area contributed by atoms with Crippen LogP contribution in [0.25, 0.3) is 0 Å². The number of carbonyl (C=O) groups is 1. The molecule has 3 nitrogen and oxygen atoms in total. The predicted molar refractivity (Wildman–Crippen MR) is 49.2 cm³/mol. The molecule has 72 valence electrons. The fourth-order valence-electron chi connectivity index (χ4n) is 2.64. The number of likely N-dealkylation sites (tertiary alicyclic amines) is 1. The number of fused-ring (bicyclic) bond motifs is 2. The van der Waals surface area contributed by atoms with Gasteiger partial charge in [-0.2, -0.15) is 0 Å². The van der Waals surface area contributed by atoms with E-state index in [-0.39, 0.29) is 0 Å². The third-order valence-corrected chi connectivity index (χ3v) is 3.52. The molecule has 3 heteroatoms. The van der Waals surface area contributed by atoms with Crippen LogP contribution in [0.5, 0.6) is 0 Å². The first kappa shape index (κ1) is 7.80. The zero-order valence-electron chi connectivity index (χ0n) is 7.83. The molecule has 2 atom stereocenters. The molecule has 0 spiro atoms. The molecule has 0 radical (unpaired) electrons. The Bertz CT molecular complexity index is 237. The summed E-state index contributed by atoms with van der Waals surface area (Å²) in [7, 11) is 0. The summed E-state index contributed by atoms with van der Waals surface area (Å²) in [6, 6.07) is 0.520. The van der Waals surface area contributed by atoms with E-state index in [1.807, 2.05) is 0 Å². The molecule has 2 heterocycles. The molecule has 1 saturated carbocycles. The Morgan fingerprint density at radius 1 is 1.31 bits per heavy atom. The maximum absolute atomic E-state index is 11.8. The van der Waals surface area contributed by atoms with Crippen LogP contribution in [0.1, 0.15) is 19.3 Å². The highest BCUT2D eigenvalue weighted by Crippen LogP contribution is 2.35. The normalized spacial score (nSPS) is 38.0. The molecule has 3 rings (SSSR count). The van der Waals surface area contributed by atoms with E-state index >= 15 is 0 Å². The van der Waals surface area contributed by atoms with E-state index in [2.05, 4.69) is 10.2 Å². The lowest BCUT2D eigenvalue weighted by Crippen LogP contribution is -2.42. The first-order chi connectivity index (χ1) is 6.34. The molecular formula is C10H16N2O. The van der Waals surface area contributed by atoms with Crippen molar-refractivity contribution in [3.05, 3.63) is 0 Å². The van der Waals surface area contributed by atoms with Crippen molar-refractivity contribution in [1.82, 2.24) is 10.2 Å². The smallest absolute Gasteiger partial charge is 0.225 e. The Morgan fingerprint density at radius 3 is 2.85 bits per heavy atom. The number of hydrogen-bond acceptors (Lipinski definition) is 2. The Balaban J connectivity index is 1.73. The van der Waals surface area contributed by atoms with Gasteiger partial charge in [-0.05, 0) is 31.7 Å². The lowest BCUT2D eigenvalue weighted by Gasteiger charge is -2.24. The van der Waals surface area contributed by atoms with E-state index in [0.717, 1.165) is 38.4 Å². The van der Waals surface area contributed by atoms with Gasteiger partial charge in [-0.25, -0.2) is 0 Å². The molecule has 2 aliphatic heterocycles. The average molecular weight is 180 g/mol. The van der Waals surface area contributed by atoms with E-state index in [4.69, 9.17) is 0 Å². The van der Waals surface area contributed by atoms with Crippen molar-refractivity contribution in [3.8, 4) is 0 Å². The summed E-state index contributed by atoms with van der Waals surface area (Å²) in [5.74, 6) is 1.58. The van der Waals surface area contributed by atoms with E-state index in [1.54, 1.807) is 0 Å². The van der Waals surface area contributed by atoms with Crippen molar-refractivity contribution in [1.29, 1.82) is 0 Å². The highest BCUT2D eigenvalue weighted by atomic mass is 16.2. The van der Waals surface area contributed by atoms with Gasteiger partial charge in [-0.3, -0.25) is 4.79 Å². The van der Waals surface area contributed by atoms with Gasteiger partial charge >= 0.3 is 0 Å². The van der Waals surface area contributed by atoms with Crippen molar-refractivity contribution in [2.45, 2.75) is 25.3 Å². The third kappa shape index (κ3) is 1.26. The van der Waals surface area contributed by atoms with Gasteiger partial charge in [0, 0.05) is 25.0 Å². The summed E-state index contributed by atoms with van der Waals surface area (Å²) in [5.41, 5.74) is 0. The van der Waals surface area contributed by atoms with Crippen LogP contribution in [-0.2, 0) is 4.79 Å². The van der Waals surface area contributed by atoms with E-state index in [9.17, 15) is 4.79 Å². The minimum atomic E-state index is 0.402. The van der Waals surface area contributed by atoms with Crippen LogP contribution in [0.4, 0.5) is 0 Å². The summed E-state index contributed by atoms with van der Waals surface area (Å²) < 4.78 is 0. The number of hydrogen-bond donors (Lipinski definition) is 1. The number of nitrogens with one attached hydrogen (secondary N) is 1. The molecule has 2 bridgehead atoms. The zero-order valence-corrected chi connectivity index (χ0v) is 7.83. The number of piperidine rings is 1. The van der Waals surface area contributed by atoms with Gasteiger partial charge in [0.1, 0.15) is 0 Å². The molecule has 0 aromatic rings. The standard InChI is InChI=1S/C10H16N2O/c13-10(8-1-2-8)12-6-7-3-9(12)5-11-4-7/h7-9,11H,1-6H2/t7-,9?/m0/s1. The molecule has 1 aliphatic carbocycles. The second kappa shape index (κ2) is 2.71. The van der Waals surface area contributed by atoms with Crippen molar-refractivity contribution in [2.75, 3.05) is 19.6 Å². The van der Waals surface area contributed by atoms with Crippen LogP contribution in [0.2, 0.25) is 0 Å². The zero-order chi connectivity index (χ0) is 8.84. The minimum absolute atomic E-state index is 0.402. The predicted octanol–water partition coefficient (Wildman–Crippen LogP) is 0.217.